The molecule has 0 radical (unpaired) electrons. The first-order valence-corrected chi connectivity index (χ1v) is 8.22. The second-order valence-electron chi connectivity index (χ2n) is 4.59. The molecule has 0 N–H and O–H groups in total. The summed E-state index contributed by atoms with van der Waals surface area (Å²) in [5, 5.41) is 5.35. The van der Waals surface area contributed by atoms with E-state index in [4.69, 9.17) is 34.8 Å². The van der Waals surface area contributed by atoms with Crippen LogP contribution < -0.4 is 0 Å². The summed E-state index contributed by atoms with van der Waals surface area (Å²) >= 11 is 19.7. The first-order valence-electron chi connectivity index (χ1n) is 6.27. The summed E-state index contributed by atoms with van der Waals surface area (Å²) in [6, 6.07) is 8.84. The van der Waals surface area contributed by atoms with Gasteiger partial charge in [0.25, 0.3) is 0 Å². The molecule has 3 aromatic rings. The summed E-state index contributed by atoms with van der Waals surface area (Å²) in [4.78, 5) is 12.2. The SMILES string of the molecule is Cc1c(C=O)nn(-c2ccc(Cl)cc2Cl)c1-c1ccc(Cl)s1. The van der Waals surface area contributed by atoms with E-state index in [-0.39, 0.29) is 0 Å². The third-order valence-electron chi connectivity index (χ3n) is 3.22. The van der Waals surface area contributed by atoms with Gasteiger partial charge < -0.3 is 0 Å². The van der Waals surface area contributed by atoms with Gasteiger partial charge in [-0.05, 0) is 37.3 Å². The fourth-order valence-electron chi connectivity index (χ4n) is 2.18. The number of aromatic nitrogens is 2. The lowest BCUT2D eigenvalue weighted by atomic mass is 10.2. The van der Waals surface area contributed by atoms with Crippen molar-refractivity contribution in [2.45, 2.75) is 6.92 Å². The summed E-state index contributed by atoms with van der Waals surface area (Å²) in [6.45, 7) is 1.85. The van der Waals surface area contributed by atoms with Gasteiger partial charge in [-0.3, -0.25) is 4.79 Å². The number of benzene rings is 1. The molecule has 112 valence electrons. The van der Waals surface area contributed by atoms with E-state index in [1.807, 2.05) is 19.1 Å². The summed E-state index contributed by atoms with van der Waals surface area (Å²) in [5.41, 5.74) is 2.59. The first kappa shape index (κ1) is 15.6. The fourth-order valence-corrected chi connectivity index (χ4v) is 3.80. The molecule has 2 aromatic heterocycles. The third-order valence-corrected chi connectivity index (χ3v) is 4.99. The molecule has 7 heteroatoms. The lowest BCUT2D eigenvalue weighted by Crippen LogP contribution is -2.00. The first-order chi connectivity index (χ1) is 10.5. The van der Waals surface area contributed by atoms with Crippen LogP contribution in [-0.4, -0.2) is 16.1 Å². The predicted molar refractivity (Wildman–Crippen MR) is 92.0 cm³/mol. The normalized spacial score (nSPS) is 10.9. The Morgan fingerprint density at radius 1 is 1.18 bits per heavy atom. The van der Waals surface area contributed by atoms with Crippen molar-refractivity contribution in [2.75, 3.05) is 0 Å². The Morgan fingerprint density at radius 2 is 1.95 bits per heavy atom. The van der Waals surface area contributed by atoms with Crippen molar-refractivity contribution in [3.63, 3.8) is 0 Å². The van der Waals surface area contributed by atoms with Crippen molar-refractivity contribution in [1.29, 1.82) is 0 Å². The van der Waals surface area contributed by atoms with E-state index in [0.29, 0.717) is 25.8 Å². The van der Waals surface area contributed by atoms with Crippen LogP contribution in [0, 0.1) is 6.92 Å². The number of rotatable bonds is 3. The van der Waals surface area contributed by atoms with Crippen LogP contribution in [0.2, 0.25) is 14.4 Å². The lowest BCUT2D eigenvalue weighted by molar-refractivity contribution is 0.111. The minimum absolute atomic E-state index is 0.366. The monoisotopic (exact) mass is 370 g/mol. The number of carbonyl (C=O) groups excluding carboxylic acids is 1. The van der Waals surface area contributed by atoms with Gasteiger partial charge in [-0.2, -0.15) is 5.10 Å². The van der Waals surface area contributed by atoms with Crippen LogP contribution in [0.15, 0.2) is 30.3 Å². The van der Waals surface area contributed by atoms with Gasteiger partial charge in [0, 0.05) is 10.6 Å². The van der Waals surface area contributed by atoms with Gasteiger partial charge in [0.2, 0.25) is 0 Å². The van der Waals surface area contributed by atoms with Crippen LogP contribution in [0.1, 0.15) is 16.1 Å². The summed E-state index contributed by atoms with van der Waals surface area (Å²) in [5.74, 6) is 0. The van der Waals surface area contributed by atoms with Crippen molar-refractivity contribution < 1.29 is 4.79 Å². The molecular weight excluding hydrogens is 363 g/mol. The number of carbonyl (C=O) groups is 1. The van der Waals surface area contributed by atoms with E-state index in [9.17, 15) is 4.79 Å². The summed E-state index contributed by atoms with van der Waals surface area (Å²) in [7, 11) is 0. The van der Waals surface area contributed by atoms with Crippen LogP contribution in [0.4, 0.5) is 0 Å². The minimum atomic E-state index is 0.366. The van der Waals surface area contributed by atoms with Crippen LogP contribution in [0.5, 0.6) is 0 Å². The zero-order valence-electron chi connectivity index (χ0n) is 11.3. The quantitative estimate of drug-likeness (QED) is 0.555. The largest absolute Gasteiger partial charge is 0.296 e. The van der Waals surface area contributed by atoms with Crippen LogP contribution in [0.3, 0.4) is 0 Å². The van der Waals surface area contributed by atoms with Gasteiger partial charge in [-0.1, -0.05) is 34.8 Å². The van der Waals surface area contributed by atoms with Crippen LogP contribution >= 0.6 is 46.1 Å². The van der Waals surface area contributed by atoms with Gasteiger partial charge in [-0.15, -0.1) is 11.3 Å². The second-order valence-corrected chi connectivity index (χ2v) is 7.15. The molecule has 3 rings (SSSR count). The standard InChI is InChI=1S/C15H9Cl3N2OS/c1-8-11(7-21)19-20(12-3-2-9(16)6-10(12)17)15(8)13-4-5-14(18)22-13/h2-7H,1H3. The van der Waals surface area contributed by atoms with Gasteiger partial charge in [-0.25, -0.2) is 4.68 Å². The van der Waals surface area contributed by atoms with Crippen molar-refractivity contribution in [2.24, 2.45) is 0 Å². The minimum Gasteiger partial charge on any atom is -0.296 e. The van der Waals surface area contributed by atoms with Gasteiger partial charge >= 0.3 is 0 Å². The smallest absolute Gasteiger partial charge is 0.170 e. The van der Waals surface area contributed by atoms with Crippen molar-refractivity contribution in [1.82, 2.24) is 9.78 Å². The topological polar surface area (TPSA) is 34.9 Å². The van der Waals surface area contributed by atoms with Crippen LogP contribution in [-0.2, 0) is 0 Å². The second kappa shape index (κ2) is 6.05. The van der Waals surface area contributed by atoms with E-state index in [2.05, 4.69) is 5.10 Å². The summed E-state index contributed by atoms with van der Waals surface area (Å²) in [6.07, 6.45) is 0.731. The molecule has 0 bridgehead atoms. The highest BCUT2D eigenvalue weighted by molar-refractivity contribution is 7.19. The Morgan fingerprint density at radius 3 is 2.55 bits per heavy atom. The average Bonchev–Trinajstić information content (AvgIpc) is 3.02. The van der Waals surface area contributed by atoms with Gasteiger partial charge in [0.15, 0.2) is 6.29 Å². The highest BCUT2D eigenvalue weighted by atomic mass is 35.5. The van der Waals surface area contributed by atoms with E-state index in [1.54, 1.807) is 22.9 Å². The predicted octanol–water partition coefficient (Wildman–Crippen LogP) is 5.68. The molecule has 0 spiro atoms. The van der Waals surface area contributed by atoms with E-state index < -0.39 is 0 Å². The molecule has 0 saturated carbocycles. The molecule has 1 aromatic carbocycles. The van der Waals surface area contributed by atoms with E-state index in [1.165, 1.54) is 11.3 Å². The molecule has 3 nitrogen and oxygen atoms in total. The molecule has 0 amide bonds. The molecule has 0 atom stereocenters. The molecule has 0 aliphatic rings. The Labute approximate surface area is 146 Å². The van der Waals surface area contributed by atoms with E-state index >= 15 is 0 Å². The highest BCUT2D eigenvalue weighted by Crippen LogP contribution is 2.36. The molecule has 0 saturated heterocycles. The molecule has 0 unspecified atom stereocenters. The number of nitrogens with zero attached hydrogens (tertiary/aromatic N) is 2. The maximum absolute atomic E-state index is 11.2. The zero-order chi connectivity index (χ0) is 15.9. The maximum atomic E-state index is 11.2. The number of hydrogen-bond acceptors (Lipinski definition) is 3. The number of hydrogen-bond donors (Lipinski definition) is 0. The number of halogens is 3. The fraction of sp³-hybridized carbons (Fsp3) is 0.0667. The average molecular weight is 372 g/mol. The Kier molecular flexibility index (Phi) is 4.28. The molecule has 0 aliphatic heterocycles. The Balaban J connectivity index is 2.29. The molecule has 0 aliphatic carbocycles. The molecular formula is C15H9Cl3N2OS. The molecule has 2 heterocycles. The summed E-state index contributed by atoms with van der Waals surface area (Å²) < 4.78 is 2.32. The molecule has 0 fully saturated rings. The van der Waals surface area contributed by atoms with Gasteiger partial charge in [0.1, 0.15) is 5.69 Å². The van der Waals surface area contributed by atoms with Gasteiger partial charge in [0.05, 0.1) is 25.6 Å². The Hall–Kier alpha value is -1.33. The number of thiophene rings is 1. The van der Waals surface area contributed by atoms with Crippen LogP contribution in [0.25, 0.3) is 16.3 Å². The van der Waals surface area contributed by atoms with Crippen molar-refractivity contribution in [3.8, 4) is 16.3 Å². The lowest BCUT2D eigenvalue weighted by Gasteiger charge is -2.09. The van der Waals surface area contributed by atoms with E-state index in [0.717, 1.165) is 22.4 Å². The zero-order valence-corrected chi connectivity index (χ0v) is 14.4. The third kappa shape index (κ3) is 2.68. The van der Waals surface area contributed by atoms with Crippen molar-refractivity contribution >= 4 is 52.4 Å². The number of aldehydes is 1. The molecule has 22 heavy (non-hydrogen) atoms. The maximum Gasteiger partial charge on any atom is 0.170 e. The Bertz CT molecular complexity index is 870. The highest BCUT2D eigenvalue weighted by Gasteiger charge is 2.19. The van der Waals surface area contributed by atoms with Crippen molar-refractivity contribution in [3.05, 3.63) is 56.0 Å².